The van der Waals surface area contributed by atoms with E-state index < -0.39 is 6.09 Å². The standard InChI is InChI=1S/C8H11N3O3S/c12-7(13)9-5-3-1-2-4(5)6-10-11-8(15)14-6/h4-5,9H,1-3H2,(H,11,15)(H,12,13)/t4-,5+/m1/s1. The summed E-state index contributed by atoms with van der Waals surface area (Å²) in [7, 11) is 0. The summed E-state index contributed by atoms with van der Waals surface area (Å²) < 4.78 is 5.19. The number of hydrogen-bond acceptors (Lipinski definition) is 4. The largest absolute Gasteiger partial charge is 0.465 e. The van der Waals surface area contributed by atoms with Gasteiger partial charge < -0.3 is 14.8 Å². The molecule has 6 nitrogen and oxygen atoms in total. The van der Waals surface area contributed by atoms with Gasteiger partial charge in [-0.15, -0.1) is 5.10 Å². The molecule has 15 heavy (non-hydrogen) atoms. The molecule has 1 aliphatic carbocycles. The molecule has 82 valence electrons. The third-order valence-electron chi connectivity index (χ3n) is 2.60. The van der Waals surface area contributed by atoms with Crippen molar-refractivity contribution in [1.82, 2.24) is 15.5 Å². The summed E-state index contributed by atoms with van der Waals surface area (Å²) >= 11 is 4.77. The quantitative estimate of drug-likeness (QED) is 0.670. The molecule has 0 aromatic carbocycles. The van der Waals surface area contributed by atoms with E-state index in [4.69, 9.17) is 21.7 Å². The van der Waals surface area contributed by atoms with Crippen molar-refractivity contribution in [3.05, 3.63) is 10.7 Å². The molecular weight excluding hydrogens is 218 g/mol. The molecule has 1 heterocycles. The Morgan fingerprint density at radius 3 is 3.07 bits per heavy atom. The molecule has 1 amide bonds. The minimum absolute atomic E-state index is 0.00551. The van der Waals surface area contributed by atoms with Crippen LogP contribution in [0, 0.1) is 4.84 Å². The number of H-pyrrole nitrogens is 1. The van der Waals surface area contributed by atoms with Crippen molar-refractivity contribution >= 4 is 18.3 Å². The van der Waals surface area contributed by atoms with Gasteiger partial charge in [0, 0.05) is 6.04 Å². The lowest BCUT2D eigenvalue weighted by Gasteiger charge is -2.15. The van der Waals surface area contributed by atoms with E-state index in [9.17, 15) is 4.79 Å². The molecule has 0 saturated heterocycles. The van der Waals surface area contributed by atoms with Crippen LogP contribution in [0.15, 0.2) is 4.42 Å². The van der Waals surface area contributed by atoms with Crippen molar-refractivity contribution in [2.45, 2.75) is 31.2 Å². The number of carbonyl (C=O) groups is 1. The molecule has 0 radical (unpaired) electrons. The van der Waals surface area contributed by atoms with Crippen LogP contribution in [-0.2, 0) is 0 Å². The zero-order chi connectivity index (χ0) is 10.8. The Balaban J connectivity index is 2.14. The van der Waals surface area contributed by atoms with Crippen molar-refractivity contribution in [3.63, 3.8) is 0 Å². The van der Waals surface area contributed by atoms with Crippen molar-refractivity contribution in [3.8, 4) is 0 Å². The summed E-state index contributed by atoms with van der Waals surface area (Å²) in [6.45, 7) is 0. The first-order valence-corrected chi connectivity index (χ1v) is 5.12. The fourth-order valence-corrected chi connectivity index (χ4v) is 2.12. The smallest absolute Gasteiger partial charge is 0.404 e. The number of carboxylic acid groups (broad SMARTS) is 1. The highest BCUT2D eigenvalue weighted by Gasteiger charge is 2.33. The summed E-state index contributed by atoms with van der Waals surface area (Å²) in [6.07, 6.45) is 1.63. The Labute approximate surface area is 90.7 Å². The number of nitrogens with one attached hydrogen (secondary N) is 2. The fraction of sp³-hybridized carbons (Fsp3) is 0.625. The summed E-state index contributed by atoms with van der Waals surface area (Å²) in [5.74, 6) is 0.491. The molecule has 1 fully saturated rings. The van der Waals surface area contributed by atoms with Gasteiger partial charge in [0.1, 0.15) is 0 Å². The second-order valence-corrected chi connectivity index (χ2v) is 3.92. The highest BCUT2D eigenvalue weighted by atomic mass is 32.1. The monoisotopic (exact) mass is 229 g/mol. The van der Waals surface area contributed by atoms with Crippen LogP contribution in [0.3, 0.4) is 0 Å². The van der Waals surface area contributed by atoms with Gasteiger partial charge in [0.15, 0.2) is 0 Å². The van der Waals surface area contributed by atoms with Crippen LogP contribution in [0.2, 0.25) is 0 Å². The molecule has 0 unspecified atom stereocenters. The Hall–Kier alpha value is -1.37. The van der Waals surface area contributed by atoms with E-state index in [1.807, 2.05) is 0 Å². The van der Waals surface area contributed by atoms with E-state index in [0.29, 0.717) is 5.89 Å². The number of hydrogen-bond donors (Lipinski definition) is 3. The Kier molecular flexibility index (Phi) is 2.72. The van der Waals surface area contributed by atoms with Gasteiger partial charge in [0.25, 0.3) is 4.84 Å². The molecule has 7 heteroatoms. The summed E-state index contributed by atoms with van der Waals surface area (Å²) in [6, 6.07) is -0.121. The molecule has 1 aliphatic rings. The van der Waals surface area contributed by atoms with Crippen LogP contribution < -0.4 is 5.32 Å². The average molecular weight is 229 g/mol. The second kappa shape index (κ2) is 4.01. The predicted octanol–water partition coefficient (Wildman–Crippen LogP) is 1.64. The first-order chi connectivity index (χ1) is 7.16. The molecule has 1 aromatic rings. The highest BCUT2D eigenvalue weighted by Crippen LogP contribution is 2.33. The molecule has 0 spiro atoms. The molecule has 0 aliphatic heterocycles. The van der Waals surface area contributed by atoms with Crippen LogP contribution in [0.1, 0.15) is 31.1 Å². The Morgan fingerprint density at radius 2 is 2.47 bits per heavy atom. The maximum atomic E-state index is 10.5. The number of rotatable bonds is 2. The van der Waals surface area contributed by atoms with Gasteiger partial charge in [0.2, 0.25) is 5.89 Å². The van der Waals surface area contributed by atoms with Crippen molar-refractivity contribution in [2.24, 2.45) is 0 Å². The molecule has 1 aromatic heterocycles. The zero-order valence-corrected chi connectivity index (χ0v) is 8.71. The Morgan fingerprint density at radius 1 is 1.67 bits per heavy atom. The maximum absolute atomic E-state index is 10.5. The van der Waals surface area contributed by atoms with Crippen molar-refractivity contribution in [1.29, 1.82) is 0 Å². The minimum Gasteiger partial charge on any atom is -0.465 e. The van der Waals surface area contributed by atoms with E-state index in [-0.39, 0.29) is 16.8 Å². The van der Waals surface area contributed by atoms with Crippen LogP contribution >= 0.6 is 12.2 Å². The average Bonchev–Trinajstić information content (AvgIpc) is 2.72. The molecule has 3 N–H and O–H groups in total. The van der Waals surface area contributed by atoms with E-state index in [0.717, 1.165) is 19.3 Å². The number of aromatic nitrogens is 2. The van der Waals surface area contributed by atoms with E-state index >= 15 is 0 Å². The van der Waals surface area contributed by atoms with Gasteiger partial charge in [-0.25, -0.2) is 9.89 Å². The zero-order valence-electron chi connectivity index (χ0n) is 7.90. The predicted molar refractivity (Wildman–Crippen MR) is 53.2 cm³/mol. The van der Waals surface area contributed by atoms with Crippen LogP contribution in [0.4, 0.5) is 4.79 Å². The highest BCUT2D eigenvalue weighted by molar-refractivity contribution is 7.71. The Bertz CT molecular complexity index is 413. The van der Waals surface area contributed by atoms with Crippen LogP contribution in [-0.4, -0.2) is 27.4 Å². The molecule has 1 saturated carbocycles. The normalized spacial score (nSPS) is 25.3. The SMILES string of the molecule is O=C(O)N[C@H]1CCC[C@H]1c1n[nH]c(=S)o1. The van der Waals surface area contributed by atoms with Crippen molar-refractivity contribution < 1.29 is 14.3 Å². The number of nitrogens with zero attached hydrogens (tertiary/aromatic N) is 1. The van der Waals surface area contributed by atoms with Gasteiger partial charge >= 0.3 is 6.09 Å². The van der Waals surface area contributed by atoms with Crippen LogP contribution in [0.5, 0.6) is 0 Å². The topological polar surface area (TPSA) is 91.1 Å². The van der Waals surface area contributed by atoms with Gasteiger partial charge in [0.05, 0.1) is 5.92 Å². The third-order valence-corrected chi connectivity index (χ3v) is 2.77. The third kappa shape index (κ3) is 2.17. The van der Waals surface area contributed by atoms with Crippen LogP contribution in [0.25, 0.3) is 0 Å². The summed E-state index contributed by atoms with van der Waals surface area (Å²) in [5.41, 5.74) is 0. The second-order valence-electron chi connectivity index (χ2n) is 3.54. The van der Waals surface area contributed by atoms with E-state index in [2.05, 4.69) is 15.5 Å². The van der Waals surface area contributed by atoms with Gasteiger partial charge in [-0.2, -0.15) is 0 Å². The number of amides is 1. The molecule has 0 bridgehead atoms. The maximum Gasteiger partial charge on any atom is 0.404 e. The summed E-state index contributed by atoms with van der Waals surface area (Å²) in [5, 5.41) is 17.6. The van der Waals surface area contributed by atoms with Gasteiger partial charge in [-0.1, -0.05) is 6.42 Å². The first-order valence-electron chi connectivity index (χ1n) is 4.71. The first kappa shape index (κ1) is 10.2. The van der Waals surface area contributed by atoms with Crippen molar-refractivity contribution in [2.75, 3.05) is 0 Å². The molecular formula is C8H11N3O3S. The van der Waals surface area contributed by atoms with E-state index in [1.54, 1.807) is 0 Å². The lowest BCUT2D eigenvalue weighted by Crippen LogP contribution is -2.35. The summed E-state index contributed by atoms with van der Waals surface area (Å²) in [4.78, 5) is 10.8. The number of aromatic amines is 1. The lowest BCUT2D eigenvalue weighted by molar-refractivity contribution is 0.188. The van der Waals surface area contributed by atoms with Gasteiger partial charge in [-0.3, -0.25) is 0 Å². The van der Waals surface area contributed by atoms with Gasteiger partial charge in [-0.05, 0) is 25.1 Å². The molecule has 2 rings (SSSR count). The van der Waals surface area contributed by atoms with E-state index in [1.165, 1.54) is 0 Å². The lowest BCUT2D eigenvalue weighted by atomic mass is 10.0. The fourth-order valence-electron chi connectivity index (χ4n) is 1.99. The molecule has 2 atom stereocenters. The minimum atomic E-state index is -1.01.